The Hall–Kier alpha value is -1.43. The van der Waals surface area contributed by atoms with E-state index in [9.17, 15) is 4.79 Å². The smallest absolute Gasteiger partial charge is 0.225 e. The summed E-state index contributed by atoms with van der Waals surface area (Å²) in [4.78, 5) is 16.7. The Bertz CT molecular complexity index is 446. The van der Waals surface area contributed by atoms with Crippen molar-refractivity contribution < 1.29 is 4.79 Å². The largest absolute Gasteiger partial charge is 0.326 e. The van der Waals surface area contributed by atoms with Crippen LogP contribution < -0.4 is 11.1 Å². The van der Waals surface area contributed by atoms with Crippen LogP contribution in [0, 0.1) is 0 Å². The molecule has 1 saturated heterocycles. The molecule has 0 aliphatic carbocycles. The van der Waals surface area contributed by atoms with Crippen LogP contribution in [0.5, 0.6) is 0 Å². The van der Waals surface area contributed by atoms with Crippen LogP contribution >= 0.6 is 0 Å². The van der Waals surface area contributed by atoms with Gasteiger partial charge in [-0.2, -0.15) is 0 Å². The molecular weight excluding hydrogens is 264 g/mol. The zero-order valence-corrected chi connectivity index (χ0v) is 12.8. The molecule has 2 rings (SSSR count). The van der Waals surface area contributed by atoms with E-state index in [0.29, 0.717) is 13.0 Å². The molecule has 5 heteroatoms. The molecule has 0 atom stereocenters. The molecule has 0 saturated carbocycles. The van der Waals surface area contributed by atoms with Gasteiger partial charge in [-0.25, -0.2) is 0 Å². The number of hydrogen-bond donors (Lipinski definition) is 2. The Morgan fingerprint density at radius 3 is 2.67 bits per heavy atom. The van der Waals surface area contributed by atoms with Crippen LogP contribution in [-0.4, -0.2) is 55.5 Å². The van der Waals surface area contributed by atoms with Crippen molar-refractivity contribution in [1.29, 1.82) is 0 Å². The van der Waals surface area contributed by atoms with Crippen molar-refractivity contribution in [2.45, 2.75) is 19.4 Å². The first-order chi connectivity index (χ1) is 10.2. The molecule has 1 fully saturated rings. The number of hydrogen-bond acceptors (Lipinski definition) is 4. The third-order valence-electron chi connectivity index (χ3n) is 3.94. The van der Waals surface area contributed by atoms with E-state index in [1.54, 1.807) is 0 Å². The first-order valence-electron chi connectivity index (χ1n) is 7.67. The summed E-state index contributed by atoms with van der Waals surface area (Å²) in [5, 5.41) is 2.94. The molecule has 116 valence electrons. The molecule has 1 heterocycles. The molecule has 0 unspecified atom stereocenters. The normalized spacial score (nSPS) is 17.4. The number of amides is 1. The van der Waals surface area contributed by atoms with Gasteiger partial charge in [0.25, 0.3) is 0 Å². The van der Waals surface area contributed by atoms with Crippen molar-refractivity contribution in [3.63, 3.8) is 0 Å². The van der Waals surface area contributed by atoms with Gasteiger partial charge in [0.2, 0.25) is 5.91 Å². The summed E-state index contributed by atoms with van der Waals surface area (Å²) in [6, 6.07) is 7.70. The molecule has 0 spiro atoms. The van der Waals surface area contributed by atoms with Crippen molar-refractivity contribution >= 4 is 11.6 Å². The molecule has 1 aliphatic rings. The second-order valence-electron chi connectivity index (χ2n) is 5.70. The summed E-state index contributed by atoms with van der Waals surface area (Å²) in [5.41, 5.74) is 7.47. The van der Waals surface area contributed by atoms with E-state index in [2.05, 4.69) is 22.2 Å². The van der Waals surface area contributed by atoms with Crippen LogP contribution in [-0.2, 0) is 11.3 Å². The summed E-state index contributed by atoms with van der Waals surface area (Å²) in [6.45, 7) is 5.73. The zero-order chi connectivity index (χ0) is 15.1. The van der Waals surface area contributed by atoms with Crippen molar-refractivity contribution in [3.8, 4) is 0 Å². The van der Waals surface area contributed by atoms with Crippen LogP contribution in [0.1, 0.15) is 18.4 Å². The van der Waals surface area contributed by atoms with E-state index in [1.165, 1.54) is 6.42 Å². The van der Waals surface area contributed by atoms with E-state index < -0.39 is 0 Å². The molecular formula is C16H26N4O. The molecule has 1 aliphatic heterocycles. The predicted octanol–water partition coefficient (Wildman–Crippen LogP) is 1.11. The summed E-state index contributed by atoms with van der Waals surface area (Å²) in [7, 11) is 2.15. The number of carbonyl (C=O) groups excluding carboxylic acids is 1. The topological polar surface area (TPSA) is 61.6 Å². The zero-order valence-electron chi connectivity index (χ0n) is 12.8. The van der Waals surface area contributed by atoms with Crippen LogP contribution in [0.3, 0.4) is 0 Å². The van der Waals surface area contributed by atoms with Gasteiger partial charge in [-0.3, -0.25) is 4.79 Å². The van der Waals surface area contributed by atoms with Gasteiger partial charge in [0.1, 0.15) is 0 Å². The van der Waals surface area contributed by atoms with Crippen LogP contribution in [0.2, 0.25) is 0 Å². The van der Waals surface area contributed by atoms with E-state index in [4.69, 9.17) is 5.73 Å². The maximum absolute atomic E-state index is 12.0. The molecule has 1 aromatic carbocycles. The number of nitrogens with zero attached hydrogens (tertiary/aromatic N) is 2. The minimum absolute atomic E-state index is 0.0769. The maximum Gasteiger partial charge on any atom is 0.225 e. The average Bonchev–Trinajstić information content (AvgIpc) is 2.70. The van der Waals surface area contributed by atoms with Gasteiger partial charge in [-0.1, -0.05) is 12.1 Å². The second-order valence-corrected chi connectivity index (χ2v) is 5.70. The van der Waals surface area contributed by atoms with Gasteiger partial charge in [0.15, 0.2) is 0 Å². The Morgan fingerprint density at radius 1 is 1.19 bits per heavy atom. The lowest BCUT2D eigenvalue weighted by Gasteiger charge is -2.19. The lowest BCUT2D eigenvalue weighted by Crippen LogP contribution is -2.31. The van der Waals surface area contributed by atoms with Gasteiger partial charge >= 0.3 is 0 Å². The van der Waals surface area contributed by atoms with Gasteiger partial charge < -0.3 is 20.9 Å². The third kappa shape index (κ3) is 5.46. The monoisotopic (exact) mass is 290 g/mol. The lowest BCUT2D eigenvalue weighted by atomic mass is 10.2. The van der Waals surface area contributed by atoms with Gasteiger partial charge in [-0.15, -0.1) is 0 Å². The van der Waals surface area contributed by atoms with Gasteiger partial charge in [-0.05, 0) is 44.3 Å². The predicted molar refractivity (Wildman–Crippen MR) is 86.1 cm³/mol. The molecule has 21 heavy (non-hydrogen) atoms. The first-order valence-corrected chi connectivity index (χ1v) is 7.67. The Kier molecular flexibility index (Phi) is 6.17. The van der Waals surface area contributed by atoms with Crippen molar-refractivity contribution in [1.82, 2.24) is 9.80 Å². The fourth-order valence-corrected chi connectivity index (χ4v) is 2.53. The summed E-state index contributed by atoms with van der Waals surface area (Å²) in [6.07, 6.45) is 1.72. The molecule has 0 radical (unpaired) electrons. The van der Waals surface area contributed by atoms with E-state index in [-0.39, 0.29) is 5.91 Å². The maximum atomic E-state index is 12.0. The highest BCUT2D eigenvalue weighted by Crippen LogP contribution is 2.10. The summed E-state index contributed by atoms with van der Waals surface area (Å²) < 4.78 is 0. The highest BCUT2D eigenvalue weighted by molar-refractivity contribution is 5.90. The van der Waals surface area contributed by atoms with E-state index in [1.807, 2.05) is 24.3 Å². The molecule has 3 N–H and O–H groups in total. The summed E-state index contributed by atoms with van der Waals surface area (Å²) in [5.74, 6) is 0.0769. The average molecular weight is 290 g/mol. The Balaban J connectivity index is 1.73. The Morgan fingerprint density at radius 2 is 1.95 bits per heavy atom. The summed E-state index contributed by atoms with van der Waals surface area (Å²) >= 11 is 0. The minimum atomic E-state index is 0.0769. The quantitative estimate of drug-likeness (QED) is 0.853. The number of anilines is 1. The number of rotatable bonds is 5. The molecule has 0 bridgehead atoms. The SMILES string of the molecule is CN1CCCN(CCC(=O)Nc2ccc(CN)cc2)CC1. The molecule has 1 amide bonds. The lowest BCUT2D eigenvalue weighted by molar-refractivity contribution is -0.116. The highest BCUT2D eigenvalue weighted by Gasteiger charge is 2.13. The van der Waals surface area contributed by atoms with Crippen LogP contribution in [0.4, 0.5) is 5.69 Å². The van der Waals surface area contributed by atoms with E-state index in [0.717, 1.165) is 44.0 Å². The van der Waals surface area contributed by atoms with Crippen molar-refractivity contribution in [2.24, 2.45) is 5.73 Å². The van der Waals surface area contributed by atoms with Crippen molar-refractivity contribution in [3.05, 3.63) is 29.8 Å². The van der Waals surface area contributed by atoms with Gasteiger partial charge in [0, 0.05) is 38.3 Å². The molecule has 0 aromatic heterocycles. The number of carbonyl (C=O) groups is 1. The number of nitrogens with one attached hydrogen (secondary N) is 1. The molecule has 1 aromatic rings. The number of nitrogens with two attached hydrogens (primary N) is 1. The number of benzene rings is 1. The third-order valence-corrected chi connectivity index (χ3v) is 3.94. The van der Waals surface area contributed by atoms with Crippen LogP contribution in [0.25, 0.3) is 0 Å². The number of likely N-dealkylation sites (N-methyl/N-ethyl adjacent to an activating group) is 1. The van der Waals surface area contributed by atoms with Crippen molar-refractivity contribution in [2.75, 3.05) is 45.1 Å². The molecule has 5 nitrogen and oxygen atoms in total. The van der Waals surface area contributed by atoms with E-state index >= 15 is 0 Å². The fraction of sp³-hybridized carbons (Fsp3) is 0.562. The minimum Gasteiger partial charge on any atom is -0.326 e. The first kappa shape index (κ1) is 15.9. The van der Waals surface area contributed by atoms with Gasteiger partial charge in [0.05, 0.1) is 0 Å². The highest BCUT2D eigenvalue weighted by atomic mass is 16.1. The Labute approximate surface area is 127 Å². The van der Waals surface area contributed by atoms with Crippen LogP contribution in [0.15, 0.2) is 24.3 Å². The fourth-order valence-electron chi connectivity index (χ4n) is 2.53. The second kappa shape index (κ2) is 8.12. The standard InChI is InChI=1S/C16H26N4O/c1-19-8-2-9-20(12-11-19)10-7-16(21)18-15-5-3-14(13-17)4-6-15/h3-6H,2,7-13,17H2,1H3,(H,18,21).